The minimum absolute atomic E-state index is 0.116. The van der Waals surface area contributed by atoms with E-state index in [2.05, 4.69) is 57.0 Å². The highest BCUT2D eigenvalue weighted by Gasteiger charge is 2.21. The van der Waals surface area contributed by atoms with Crippen molar-refractivity contribution in [3.8, 4) is 11.4 Å². The summed E-state index contributed by atoms with van der Waals surface area (Å²) in [5, 5.41) is 24.2. The summed E-state index contributed by atoms with van der Waals surface area (Å²) in [7, 11) is 1.58. The summed E-state index contributed by atoms with van der Waals surface area (Å²) in [6.45, 7) is 6.18. The van der Waals surface area contributed by atoms with Gasteiger partial charge >= 0.3 is 0 Å². The molecule has 0 aliphatic carbocycles. The molecule has 2 aromatic carbocycles. The molecule has 4 aromatic rings. The minimum atomic E-state index is -0.234. The molecule has 2 heterocycles. The van der Waals surface area contributed by atoms with Gasteiger partial charge in [-0.2, -0.15) is 0 Å². The minimum Gasteiger partial charge on any atom is -0.497 e. The van der Waals surface area contributed by atoms with Gasteiger partial charge in [-0.3, -0.25) is 19.5 Å². The number of para-hydroxylation sites is 1. The lowest BCUT2D eigenvalue weighted by Gasteiger charge is -2.18. The van der Waals surface area contributed by atoms with Crippen LogP contribution < -0.4 is 15.4 Å². The molecule has 0 fully saturated rings. The topological polar surface area (TPSA) is 124 Å². The molecule has 2 N–H and O–H groups in total. The number of nitrogens with one attached hydrogen (secondary N) is 2. The van der Waals surface area contributed by atoms with Crippen LogP contribution in [-0.2, 0) is 24.2 Å². The molecular formula is C26H29N7O3S2. The molecule has 0 radical (unpaired) electrons. The normalized spacial score (nSPS) is 10.8. The summed E-state index contributed by atoms with van der Waals surface area (Å²) in [6, 6.07) is 13.1. The van der Waals surface area contributed by atoms with E-state index < -0.39 is 0 Å². The van der Waals surface area contributed by atoms with Gasteiger partial charge in [0.05, 0.1) is 25.1 Å². The number of carbonyl (C=O) groups is 2. The Morgan fingerprint density at radius 3 is 2.32 bits per heavy atom. The maximum absolute atomic E-state index is 12.8. The highest BCUT2D eigenvalue weighted by molar-refractivity contribution is 7.99. The molecule has 2 amide bonds. The van der Waals surface area contributed by atoms with Crippen LogP contribution >= 0.6 is 23.1 Å². The van der Waals surface area contributed by atoms with Crippen molar-refractivity contribution >= 4 is 40.0 Å². The van der Waals surface area contributed by atoms with Crippen molar-refractivity contribution in [1.29, 1.82) is 0 Å². The molecule has 0 aliphatic rings. The van der Waals surface area contributed by atoms with E-state index in [1.165, 1.54) is 23.1 Å². The quantitative estimate of drug-likeness (QED) is 0.266. The number of carbonyl (C=O) groups excluding carboxylic acids is 2. The first-order valence-corrected chi connectivity index (χ1v) is 13.9. The van der Waals surface area contributed by atoms with Gasteiger partial charge in [0, 0.05) is 5.56 Å². The summed E-state index contributed by atoms with van der Waals surface area (Å²) >= 11 is 2.59. The Labute approximate surface area is 229 Å². The number of anilines is 1. The van der Waals surface area contributed by atoms with Crippen LogP contribution in [0.2, 0.25) is 0 Å². The van der Waals surface area contributed by atoms with Gasteiger partial charge in [0.2, 0.25) is 11.0 Å². The van der Waals surface area contributed by atoms with Crippen LogP contribution in [0.25, 0.3) is 5.69 Å². The Bertz CT molecular complexity index is 1390. The highest BCUT2D eigenvalue weighted by Crippen LogP contribution is 2.28. The number of aryl methyl sites for hydroxylation is 3. The Balaban J connectivity index is 1.59. The fourth-order valence-electron chi connectivity index (χ4n) is 3.87. The second kappa shape index (κ2) is 12.7. The predicted molar refractivity (Wildman–Crippen MR) is 148 cm³/mol. The van der Waals surface area contributed by atoms with E-state index in [0.29, 0.717) is 27.4 Å². The standard InChI is InChI=1S/C26H29N7O3S2/c1-5-17-8-7-9-18(6-2)23(17)33-21(14-27-24(35)19-10-12-20(36-4)13-11-19)30-32-26(33)37-15-22(34)28-25-31-29-16(3)38-25/h7-13H,5-6,14-15H2,1-4H3,(H,27,35)(H,28,31,34). The van der Waals surface area contributed by atoms with E-state index in [-0.39, 0.29) is 24.1 Å². The van der Waals surface area contributed by atoms with Gasteiger partial charge in [-0.05, 0) is 55.2 Å². The monoisotopic (exact) mass is 551 g/mol. The third kappa shape index (κ3) is 6.37. The average Bonchev–Trinajstić information content (AvgIpc) is 3.54. The smallest absolute Gasteiger partial charge is 0.251 e. The van der Waals surface area contributed by atoms with Crippen LogP contribution in [0.1, 0.15) is 46.2 Å². The number of thioether (sulfide) groups is 1. The van der Waals surface area contributed by atoms with Gasteiger partial charge in [-0.1, -0.05) is 55.1 Å². The SMILES string of the molecule is CCc1cccc(CC)c1-n1c(CNC(=O)c2ccc(OC)cc2)nnc1SCC(=O)Nc1nnc(C)s1. The van der Waals surface area contributed by atoms with Crippen LogP contribution in [0.15, 0.2) is 47.6 Å². The van der Waals surface area contributed by atoms with Crippen LogP contribution in [-0.4, -0.2) is 49.6 Å². The number of hydrogen-bond donors (Lipinski definition) is 2. The summed E-state index contributed by atoms with van der Waals surface area (Å²) in [5.41, 5.74) is 3.75. The Morgan fingerprint density at radius 2 is 1.71 bits per heavy atom. The molecule has 0 saturated heterocycles. The number of benzene rings is 2. The van der Waals surface area contributed by atoms with E-state index in [4.69, 9.17) is 4.74 Å². The van der Waals surface area contributed by atoms with Crippen LogP contribution in [0, 0.1) is 6.92 Å². The Kier molecular flexibility index (Phi) is 9.08. The zero-order valence-corrected chi connectivity index (χ0v) is 23.3. The van der Waals surface area contributed by atoms with E-state index in [9.17, 15) is 9.59 Å². The van der Waals surface area contributed by atoms with E-state index >= 15 is 0 Å². The van der Waals surface area contributed by atoms with Crippen molar-refractivity contribution in [2.45, 2.75) is 45.3 Å². The molecular weight excluding hydrogens is 522 g/mol. The zero-order chi connectivity index (χ0) is 27.1. The lowest BCUT2D eigenvalue weighted by Crippen LogP contribution is -2.25. The van der Waals surface area contributed by atoms with E-state index in [1.54, 1.807) is 31.4 Å². The maximum Gasteiger partial charge on any atom is 0.251 e. The fourth-order valence-corrected chi connectivity index (χ4v) is 5.24. The van der Waals surface area contributed by atoms with Crippen molar-refractivity contribution < 1.29 is 14.3 Å². The number of hydrogen-bond acceptors (Lipinski definition) is 9. The molecule has 0 unspecified atom stereocenters. The van der Waals surface area contributed by atoms with Crippen molar-refractivity contribution in [3.05, 3.63) is 70.0 Å². The molecule has 0 bridgehead atoms. The van der Waals surface area contributed by atoms with E-state index in [0.717, 1.165) is 34.7 Å². The average molecular weight is 552 g/mol. The van der Waals surface area contributed by atoms with Gasteiger partial charge in [0.15, 0.2) is 11.0 Å². The van der Waals surface area contributed by atoms with Crippen LogP contribution in [0.3, 0.4) is 0 Å². The second-order valence-corrected chi connectivity index (χ2v) is 10.4. The molecule has 0 saturated carbocycles. The Morgan fingerprint density at radius 1 is 1.00 bits per heavy atom. The third-order valence-electron chi connectivity index (χ3n) is 5.75. The molecule has 0 aliphatic heterocycles. The number of ether oxygens (including phenoxy) is 1. The molecule has 4 rings (SSSR count). The predicted octanol–water partition coefficient (Wildman–Crippen LogP) is 4.22. The molecule has 0 atom stereocenters. The van der Waals surface area contributed by atoms with Crippen molar-refractivity contribution in [1.82, 2.24) is 30.3 Å². The first kappa shape index (κ1) is 27.3. The third-order valence-corrected chi connectivity index (χ3v) is 7.44. The number of rotatable bonds is 11. The van der Waals surface area contributed by atoms with Gasteiger partial charge in [0.1, 0.15) is 10.8 Å². The number of aromatic nitrogens is 5. The van der Waals surface area contributed by atoms with Crippen molar-refractivity contribution in [2.75, 3.05) is 18.2 Å². The summed E-state index contributed by atoms with van der Waals surface area (Å²) in [4.78, 5) is 25.4. The van der Waals surface area contributed by atoms with Gasteiger partial charge in [-0.25, -0.2) is 0 Å². The van der Waals surface area contributed by atoms with E-state index in [1.807, 2.05) is 17.6 Å². The number of amides is 2. The first-order valence-electron chi connectivity index (χ1n) is 12.1. The molecule has 38 heavy (non-hydrogen) atoms. The van der Waals surface area contributed by atoms with Crippen molar-refractivity contribution in [2.24, 2.45) is 0 Å². The van der Waals surface area contributed by atoms with Gasteiger partial charge in [0.25, 0.3) is 5.91 Å². The Hall–Kier alpha value is -3.77. The fraction of sp³-hybridized carbons (Fsp3) is 0.308. The number of nitrogens with zero attached hydrogens (tertiary/aromatic N) is 5. The lowest BCUT2D eigenvalue weighted by atomic mass is 10.0. The maximum atomic E-state index is 12.8. The van der Waals surface area contributed by atoms with Crippen LogP contribution in [0.5, 0.6) is 5.75 Å². The molecule has 0 spiro atoms. The van der Waals surface area contributed by atoms with Gasteiger partial charge in [-0.15, -0.1) is 20.4 Å². The molecule has 10 nitrogen and oxygen atoms in total. The van der Waals surface area contributed by atoms with Crippen molar-refractivity contribution in [3.63, 3.8) is 0 Å². The summed E-state index contributed by atoms with van der Waals surface area (Å²) in [6.07, 6.45) is 1.61. The first-order chi connectivity index (χ1) is 18.4. The molecule has 12 heteroatoms. The molecule has 198 valence electrons. The van der Waals surface area contributed by atoms with Gasteiger partial charge < -0.3 is 10.1 Å². The molecule has 2 aromatic heterocycles. The summed E-state index contributed by atoms with van der Waals surface area (Å²) in [5.74, 6) is 0.920. The summed E-state index contributed by atoms with van der Waals surface area (Å²) < 4.78 is 7.13. The zero-order valence-electron chi connectivity index (χ0n) is 21.6. The highest BCUT2D eigenvalue weighted by atomic mass is 32.2. The number of methoxy groups -OCH3 is 1. The lowest BCUT2D eigenvalue weighted by molar-refractivity contribution is -0.113. The second-order valence-electron chi connectivity index (χ2n) is 8.24. The largest absolute Gasteiger partial charge is 0.497 e. The van der Waals surface area contributed by atoms with Crippen LogP contribution in [0.4, 0.5) is 5.13 Å².